The summed E-state index contributed by atoms with van der Waals surface area (Å²) in [5, 5.41) is 10.5. The van der Waals surface area contributed by atoms with Gasteiger partial charge < -0.3 is 14.6 Å². The van der Waals surface area contributed by atoms with Crippen molar-refractivity contribution in [3.63, 3.8) is 0 Å². The first-order valence-corrected chi connectivity index (χ1v) is 12.5. The Labute approximate surface area is 214 Å². The normalized spacial score (nSPS) is 13.9. The fraction of sp³-hybridized carbons (Fsp3) is 0.367. The number of carbonyl (C=O) groups is 1. The van der Waals surface area contributed by atoms with Crippen LogP contribution in [-0.4, -0.2) is 33.8 Å². The van der Waals surface area contributed by atoms with Crippen LogP contribution in [0.25, 0.3) is 0 Å². The van der Waals surface area contributed by atoms with Crippen molar-refractivity contribution in [3.05, 3.63) is 101 Å². The Bertz CT molecular complexity index is 1100. The summed E-state index contributed by atoms with van der Waals surface area (Å²) in [4.78, 5) is 21.5. The molecular formula is C30H36N2O4. The number of carboxylic acids is 1. The van der Waals surface area contributed by atoms with Crippen molar-refractivity contribution >= 4 is 5.97 Å². The van der Waals surface area contributed by atoms with Gasteiger partial charge in [-0.15, -0.1) is 0 Å². The molecule has 2 unspecified atom stereocenters. The Morgan fingerprint density at radius 3 is 2.25 bits per heavy atom. The van der Waals surface area contributed by atoms with Gasteiger partial charge in [-0.1, -0.05) is 79.7 Å². The minimum Gasteiger partial charge on any atom is -0.478 e. The second-order valence-corrected chi connectivity index (χ2v) is 8.88. The molecule has 1 aromatic heterocycles. The molecule has 2 atom stereocenters. The van der Waals surface area contributed by atoms with Crippen LogP contribution in [0.4, 0.5) is 0 Å². The van der Waals surface area contributed by atoms with E-state index in [0.717, 1.165) is 18.4 Å². The zero-order valence-electron chi connectivity index (χ0n) is 21.4. The second kappa shape index (κ2) is 13.5. The van der Waals surface area contributed by atoms with E-state index in [4.69, 9.17) is 9.47 Å². The molecule has 0 saturated carbocycles. The third-order valence-corrected chi connectivity index (χ3v) is 6.00. The predicted molar refractivity (Wildman–Crippen MR) is 141 cm³/mol. The molecule has 6 heteroatoms. The summed E-state index contributed by atoms with van der Waals surface area (Å²) in [5.41, 5.74) is 2.14. The number of aliphatic carboxylic acids is 1. The number of ether oxygens (including phenoxy) is 2. The number of aryl methyl sites for hydroxylation is 3. The summed E-state index contributed by atoms with van der Waals surface area (Å²) in [5.74, 6) is -1.12. The highest BCUT2D eigenvalue weighted by atomic mass is 16.6. The standard InChI is InChI=1S/C30H36N2O4/c1-4-5-6-13-21-35-30(26-18-11-8-12-19-26,20-14-17-25-15-9-7-10-16-25)27(28(33)34)36-29-31-23(2)22-24(3)32-29/h5-12,15-16,18-19,22,27H,4,13-14,17,20-21H2,1-3H3,(H,33,34). The van der Waals surface area contributed by atoms with E-state index in [1.54, 1.807) is 0 Å². The zero-order valence-corrected chi connectivity index (χ0v) is 21.4. The van der Waals surface area contributed by atoms with Crippen LogP contribution in [0.1, 0.15) is 55.1 Å². The van der Waals surface area contributed by atoms with Gasteiger partial charge in [0, 0.05) is 11.4 Å². The monoisotopic (exact) mass is 488 g/mol. The topological polar surface area (TPSA) is 81.5 Å². The molecule has 3 rings (SSSR count). The summed E-state index contributed by atoms with van der Waals surface area (Å²) >= 11 is 0. The van der Waals surface area contributed by atoms with Gasteiger partial charge in [-0.3, -0.25) is 0 Å². The van der Waals surface area contributed by atoms with Crippen LogP contribution in [0, 0.1) is 13.8 Å². The lowest BCUT2D eigenvalue weighted by molar-refractivity contribution is -0.173. The van der Waals surface area contributed by atoms with E-state index in [1.807, 2.05) is 68.4 Å². The van der Waals surface area contributed by atoms with E-state index < -0.39 is 17.7 Å². The van der Waals surface area contributed by atoms with E-state index in [1.165, 1.54) is 5.56 Å². The minimum atomic E-state index is -1.34. The van der Waals surface area contributed by atoms with Crippen molar-refractivity contribution in [2.75, 3.05) is 6.61 Å². The maximum Gasteiger partial charge on any atom is 0.348 e. The summed E-state index contributed by atoms with van der Waals surface area (Å²) < 4.78 is 12.6. The Balaban J connectivity index is 2.00. The van der Waals surface area contributed by atoms with Crippen molar-refractivity contribution in [1.82, 2.24) is 9.97 Å². The van der Waals surface area contributed by atoms with Crippen molar-refractivity contribution in [2.24, 2.45) is 0 Å². The first-order chi connectivity index (χ1) is 17.4. The lowest BCUT2D eigenvalue weighted by Gasteiger charge is -2.38. The molecule has 0 saturated heterocycles. The molecule has 36 heavy (non-hydrogen) atoms. The zero-order chi connectivity index (χ0) is 25.8. The lowest BCUT2D eigenvalue weighted by atomic mass is 9.82. The van der Waals surface area contributed by atoms with E-state index in [-0.39, 0.29) is 6.01 Å². The van der Waals surface area contributed by atoms with Crippen molar-refractivity contribution in [3.8, 4) is 6.01 Å². The third-order valence-electron chi connectivity index (χ3n) is 6.00. The molecule has 0 radical (unpaired) electrons. The van der Waals surface area contributed by atoms with Crippen LogP contribution in [0.15, 0.2) is 78.9 Å². The first-order valence-electron chi connectivity index (χ1n) is 12.5. The smallest absolute Gasteiger partial charge is 0.348 e. The molecule has 3 aromatic rings. The number of hydrogen-bond donors (Lipinski definition) is 1. The highest BCUT2D eigenvalue weighted by Crippen LogP contribution is 2.38. The average Bonchev–Trinajstić information content (AvgIpc) is 2.87. The third kappa shape index (κ3) is 7.49. The minimum absolute atomic E-state index is 0.0396. The van der Waals surface area contributed by atoms with Crippen LogP contribution in [0.2, 0.25) is 0 Å². The average molecular weight is 489 g/mol. The highest BCUT2D eigenvalue weighted by molar-refractivity contribution is 5.75. The Hall–Kier alpha value is -3.51. The number of rotatable bonds is 14. The van der Waals surface area contributed by atoms with E-state index in [0.29, 0.717) is 37.3 Å². The molecule has 0 spiro atoms. The SMILES string of the molecule is CCC=CCCOC(CCCc1ccccc1)(c1ccccc1)C(Oc1nc(C)cc(C)n1)C(=O)O. The molecule has 190 valence electrons. The van der Waals surface area contributed by atoms with E-state index in [9.17, 15) is 9.90 Å². The number of carboxylic acid groups (broad SMARTS) is 1. The molecule has 0 aliphatic heterocycles. The van der Waals surface area contributed by atoms with Gasteiger partial charge in [0.2, 0.25) is 6.10 Å². The van der Waals surface area contributed by atoms with Gasteiger partial charge in [-0.05, 0) is 63.1 Å². The number of nitrogens with zero attached hydrogens (tertiary/aromatic N) is 2. The molecule has 6 nitrogen and oxygen atoms in total. The molecule has 0 aliphatic carbocycles. The maximum absolute atomic E-state index is 12.8. The van der Waals surface area contributed by atoms with Gasteiger partial charge in [0.1, 0.15) is 5.60 Å². The van der Waals surface area contributed by atoms with Gasteiger partial charge in [0.05, 0.1) is 6.61 Å². The molecule has 0 bridgehead atoms. The van der Waals surface area contributed by atoms with Crippen molar-refractivity contribution in [2.45, 2.75) is 64.6 Å². The van der Waals surface area contributed by atoms with Crippen molar-refractivity contribution < 1.29 is 19.4 Å². The van der Waals surface area contributed by atoms with E-state index in [2.05, 4.69) is 41.2 Å². The second-order valence-electron chi connectivity index (χ2n) is 8.88. The van der Waals surface area contributed by atoms with Crippen LogP contribution in [0.5, 0.6) is 6.01 Å². The number of aromatic nitrogens is 2. The number of allylic oxidation sites excluding steroid dienone is 1. The fourth-order valence-corrected chi connectivity index (χ4v) is 4.37. The Morgan fingerprint density at radius 1 is 1.00 bits per heavy atom. The highest BCUT2D eigenvalue weighted by Gasteiger charge is 2.48. The molecule has 0 fully saturated rings. The predicted octanol–water partition coefficient (Wildman–Crippen LogP) is 6.22. The lowest BCUT2D eigenvalue weighted by Crippen LogP contribution is -2.51. The van der Waals surface area contributed by atoms with Gasteiger partial charge in [-0.25, -0.2) is 14.8 Å². The van der Waals surface area contributed by atoms with Crippen molar-refractivity contribution in [1.29, 1.82) is 0 Å². The van der Waals surface area contributed by atoms with Crippen LogP contribution in [0.3, 0.4) is 0 Å². The summed E-state index contributed by atoms with van der Waals surface area (Å²) in [6.45, 7) is 6.10. The summed E-state index contributed by atoms with van der Waals surface area (Å²) in [6.07, 6.45) is 6.36. The van der Waals surface area contributed by atoms with Gasteiger partial charge >= 0.3 is 12.0 Å². The molecule has 2 aromatic carbocycles. The molecule has 1 N–H and O–H groups in total. The van der Waals surface area contributed by atoms with Gasteiger partial charge in [0.15, 0.2) is 0 Å². The molecule has 0 amide bonds. The number of hydrogen-bond acceptors (Lipinski definition) is 5. The number of benzene rings is 2. The van der Waals surface area contributed by atoms with Gasteiger partial charge in [-0.2, -0.15) is 0 Å². The van der Waals surface area contributed by atoms with Gasteiger partial charge in [0.25, 0.3) is 0 Å². The van der Waals surface area contributed by atoms with Crippen LogP contribution < -0.4 is 4.74 Å². The largest absolute Gasteiger partial charge is 0.478 e. The Morgan fingerprint density at radius 2 is 1.64 bits per heavy atom. The molecular weight excluding hydrogens is 452 g/mol. The quantitative estimate of drug-likeness (QED) is 0.214. The fourth-order valence-electron chi connectivity index (χ4n) is 4.37. The maximum atomic E-state index is 12.8. The molecule has 1 heterocycles. The summed E-state index contributed by atoms with van der Waals surface area (Å²) in [7, 11) is 0. The van der Waals surface area contributed by atoms with E-state index >= 15 is 0 Å². The Kier molecular flexibility index (Phi) is 10.2. The van der Waals surface area contributed by atoms with Crippen LogP contribution in [-0.2, 0) is 21.6 Å². The van der Waals surface area contributed by atoms with Crippen LogP contribution >= 0.6 is 0 Å². The first kappa shape index (κ1) is 27.1. The summed E-state index contributed by atoms with van der Waals surface area (Å²) in [6, 6.07) is 21.5. The molecule has 0 aliphatic rings.